The second-order valence-corrected chi connectivity index (χ2v) is 9.29. The Morgan fingerprint density at radius 1 is 1.17 bits per heavy atom. The number of amides is 2. The van der Waals surface area contributed by atoms with E-state index in [4.69, 9.17) is 9.47 Å². The van der Waals surface area contributed by atoms with E-state index in [1.807, 2.05) is 17.0 Å². The van der Waals surface area contributed by atoms with Gasteiger partial charge in [0.2, 0.25) is 0 Å². The number of carbonyl (C=O) groups is 2. The molecule has 9 heteroatoms. The summed E-state index contributed by atoms with van der Waals surface area (Å²) in [6, 6.07) is 13.2. The van der Waals surface area contributed by atoms with Crippen molar-refractivity contribution in [2.75, 3.05) is 26.9 Å². The van der Waals surface area contributed by atoms with Crippen LogP contribution in [0.5, 0.6) is 5.75 Å². The number of aliphatic hydroxyl groups excluding tert-OH is 1. The normalized spacial score (nSPS) is 23.6. The van der Waals surface area contributed by atoms with E-state index in [1.54, 1.807) is 18.2 Å². The summed E-state index contributed by atoms with van der Waals surface area (Å²) in [5, 5.41) is 16.8. The molecule has 3 aliphatic rings. The molecule has 2 aromatic carbocycles. The average Bonchev–Trinajstić information content (AvgIpc) is 3.13. The molecule has 3 heterocycles. The SMILES string of the molecule is COc1cc(C(=O)N2C3CCC2COC3)ccc1C(=O)NC[C@@H](O)[C@@H]1Cc2ccccc2CN1.Cl. The van der Waals surface area contributed by atoms with Crippen LogP contribution in [0.1, 0.15) is 44.7 Å². The second-order valence-electron chi connectivity index (χ2n) is 9.29. The maximum Gasteiger partial charge on any atom is 0.255 e. The smallest absolute Gasteiger partial charge is 0.255 e. The fourth-order valence-corrected chi connectivity index (χ4v) is 5.31. The summed E-state index contributed by atoms with van der Waals surface area (Å²) < 4.78 is 11.0. The van der Waals surface area contributed by atoms with Gasteiger partial charge in [-0.3, -0.25) is 9.59 Å². The van der Waals surface area contributed by atoms with Gasteiger partial charge in [-0.05, 0) is 48.6 Å². The van der Waals surface area contributed by atoms with Crippen molar-refractivity contribution in [1.29, 1.82) is 0 Å². The summed E-state index contributed by atoms with van der Waals surface area (Å²) in [6.45, 7) is 1.95. The predicted molar refractivity (Wildman–Crippen MR) is 133 cm³/mol. The van der Waals surface area contributed by atoms with E-state index < -0.39 is 6.10 Å². The average molecular weight is 502 g/mol. The first-order valence-electron chi connectivity index (χ1n) is 11.9. The number of halogens is 1. The van der Waals surface area contributed by atoms with Crippen molar-refractivity contribution < 1.29 is 24.2 Å². The van der Waals surface area contributed by atoms with Gasteiger partial charge >= 0.3 is 0 Å². The Balaban J connectivity index is 0.00000289. The highest BCUT2D eigenvalue weighted by atomic mass is 35.5. The largest absolute Gasteiger partial charge is 0.496 e. The number of methoxy groups -OCH3 is 1. The molecule has 0 spiro atoms. The van der Waals surface area contributed by atoms with Crippen molar-refractivity contribution in [3.05, 3.63) is 64.7 Å². The van der Waals surface area contributed by atoms with Gasteiger partial charge in [0.25, 0.3) is 11.8 Å². The maximum absolute atomic E-state index is 13.2. The molecule has 0 radical (unpaired) electrons. The third kappa shape index (κ3) is 5.16. The van der Waals surface area contributed by atoms with E-state index >= 15 is 0 Å². The minimum absolute atomic E-state index is 0. The fourth-order valence-electron chi connectivity index (χ4n) is 5.31. The summed E-state index contributed by atoms with van der Waals surface area (Å²) in [7, 11) is 1.48. The van der Waals surface area contributed by atoms with Crippen LogP contribution < -0.4 is 15.4 Å². The summed E-state index contributed by atoms with van der Waals surface area (Å²) >= 11 is 0. The van der Waals surface area contributed by atoms with Crippen LogP contribution in [0, 0.1) is 0 Å². The highest BCUT2D eigenvalue weighted by Crippen LogP contribution is 2.31. The Hall–Kier alpha value is -2.65. The highest BCUT2D eigenvalue weighted by Gasteiger charge is 2.40. The van der Waals surface area contributed by atoms with Gasteiger partial charge in [0.15, 0.2) is 0 Å². The number of ether oxygens (including phenoxy) is 2. The number of rotatable bonds is 6. The van der Waals surface area contributed by atoms with Crippen molar-refractivity contribution in [2.24, 2.45) is 0 Å². The van der Waals surface area contributed by atoms with Crippen LogP contribution in [-0.2, 0) is 17.7 Å². The summed E-state index contributed by atoms with van der Waals surface area (Å²) in [6.07, 6.45) is 1.88. The van der Waals surface area contributed by atoms with Gasteiger partial charge in [0.05, 0.1) is 44.1 Å². The van der Waals surface area contributed by atoms with Crippen LogP contribution in [-0.4, -0.2) is 72.9 Å². The first-order chi connectivity index (χ1) is 16.5. The van der Waals surface area contributed by atoms with Crippen molar-refractivity contribution in [3.8, 4) is 5.75 Å². The van der Waals surface area contributed by atoms with Crippen LogP contribution in [0.25, 0.3) is 0 Å². The lowest BCUT2D eigenvalue weighted by atomic mass is 9.93. The molecule has 2 bridgehead atoms. The number of nitrogens with zero attached hydrogens (tertiary/aromatic N) is 1. The zero-order valence-corrected chi connectivity index (χ0v) is 20.6. The molecule has 0 saturated carbocycles. The Morgan fingerprint density at radius 2 is 1.89 bits per heavy atom. The first-order valence-corrected chi connectivity index (χ1v) is 11.9. The van der Waals surface area contributed by atoms with Gasteiger partial charge in [-0.2, -0.15) is 0 Å². The zero-order chi connectivity index (χ0) is 23.7. The number of nitrogens with one attached hydrogen (secondary N) is 2. The zero-order valence-electron chi connectivity index (χ0n) is 19.7. The lowest BCUT2D eigenvalue weighted by Crippen LogP contribution is -2.49. The fraction of sp³-hybridized carbons (Fsp3) is 0.462. The van der Waals surface area contributed by atoms with Crippen LogP contribution >= 0.6 is 12.4 Å². The standard InChI is InChI=1S/C26H31N3O5.ClH/c1-33-24-11-17(26(32)29-19-7-8-20(29)15-34-14-19)6-9-21(24)25(31)28-13-23(30)22-10-16-4-2-3-5-18(16)12-27-22;/h2-6,9,11,19-20,22-23,27,30H,7-8,10,12-15H2,1H3,(H,28,31);1H/t19?,20?,22-,23+;/m0./s1. The Morgan fingerprint density at radius 3 is 2.60 bits per heavy atom. The van der Waals surface area contributed by atoms with Crippen LogP contribution in [0.2, 0.25) is 0 Å². The summed E-state index contributed by atoms with van der Waals surface area (Å²) in [5.74, 6) is -0.0687. The molecule has 3 aliphatic heterocycles. The lowest BCUT2D eigenvalue weighted by molar-refractivity contribution is -0.00717. The van der Waals surface area contributed by atoms with Gasteiger partial charge in [-0.25, -0.2) is 0 Å². The molecule has 3 N–H and O–H groups in total. The summed E-state index contributed by atoms with van der Waals surface area (Å²) in [4.78, 5) is 28.0. The van der Waals surface area contributed by atoms with E-state index in [0.717, 1.165) is 12.8 Å². The van der Waals surface area contributed by atoms with Crippen molar-refractivity contribution in [2.45, 2.75) is 50.0 Å². The monoisotopic (exact) mass is 501 g/mol. The Labute approximate surface area is 211 Å². The van der Waals surface area contributed by atoms with Gasteiger partial charge in [0.1, 0.15) is 5.75 Å². The molecule has 2 aromatic rings. The van der Waals surface area contributed by atoms with E-state index in [0.29, 0.717) is 43.1 Å². The number of fused-ring (bicyclic) bond motifs is 3. The van der Waals surface area contributed by atoms with Gasteiger partial charge < -0.3 is 30.1 Å². The van der Waals surface area contributed by atoms with E-state index in [2.05, 4.69) is 22.8 Å². The number of carbonyl (C=O) groups excluding carboxylic acids is 2. The van der Waals surface area contributed by atoms with E-state index in [9.17, 15) is 14.7 Å². The number of benzene rings is 2. The summed E-state index contributed by atoms with van der Waals surface area (Å²) in [5.41, 5.74) is 3.28. The molecular formula is C26H32ClN3O5. The molecule has 2 unspecified atom stereocenters. The molecule has 0 aromatic heterocycles. The van der Waals surface area contributed by atoms with Crippen LogP contribution in [0.3, 0.4) is 0 Å². The van der Waals surface area contributed by atoms with E-state index in [-0.39, 0.29) is 48.9 Å². The molecule has 4 atom stereocenters. The maximum atomic E-state index is 13.2. The molecule has 188 valence electrons. The second kappa shape index (κ2) is 11.0. The number of aliphatic hydroxyl groups is 1. The molecular weight excluding hydrogens is 470 g/mol. The van der Waals surface area contributed by atoms with Crippen molar-refractivity contribution in [1.82, 2.24) is 15.5 Å². The lowest BCUT2D eigenvalue weighted by Gasteiger charge is -2.34. The van der Waals surface area contributed by atoms with Crippen molar-refractivity contribution >= 4 is 24.2 Å². The van der Waals surface area contributed by atoms with E-state index in [1.165, 1.54) is 18.2 Å². The Bertz CT molecular complexity index is 1060. The number of morpholine rings is 1. The highest BCUT2D eigenvalue weighted by molar-refractivity contribution is 6.00. The first kappa shape index (κ1) is 25.4. The van der Waals surface area contributed by atoms with Gasteiger partial charge in [-0.1, -0.05) is 24.3 Å². The molecule has 2 saturated heterocycles. The molecule has 2 fully saturated rings. The third-order valence-electron chi connectivity index (χ3n) is 7.22. The minimum Gasteiger partial charge on any atom is -0.496 e. The molecule has 0 aliphatic carbocycles. The predicted octanol–water partition coefficient (Wildman–Crippen LogP) is 1.93. The minimum atomic E-state index is -0.735. The van der Waals surface area contributed by atoms with Gasteiger partial charge in [0, 0.05) is 24.7 Å². The molecule has 5 rings (SSSR count). The van der Waals surface area contributed by atoms with Crippen LogP contribution in [0.15, 0.2) is 42.5 Å². The number of hydrogen-bond donors (Lipinski definition) is 3. The Kier molecular flexibility index (Phi) is 7.96. The quantitative estimate of drug-likeness (QED) is 0.559. The van der Waals surface area contributed by atoms with Gasteiger partial charge in [-0.15, -0.1) is 12.4 Å². The van der Waals surface area contributed by atoms with Crippen molar-refractivity contribution in [3.63, 3.8) is 0 Å². The molecule has 2 amide bonds. The van der Waals surface area contributed by atoms with Crippen LogP contribution in [0.4, 0.5) is 0 Å². The molecule has 35 heavy (non-hydrogen) atoms. The third-order valence-corrected chi connectivity index (χ3v) is 7.22. The topological polar surface area (TPSA) is 100 Å². The number of hydrogen-bond acceptors (Lipinski definition) is 6. The molecule has 8 nitrogen and oxygen atoms in total.